The van der Waals surface area contributed by atoms with E-state index in [-0.39, 0.29) is 24.7 Å². The van der Waals surface area contributed by atoms with E-state index >= 15 is 0 Å². The Morgan fingerprint density at radius 2 is 1.15 bits per heavy atom. The maximum Gasteiger partial charge on any atom is 0.332 e. The van der Waals surface area contributed by atoms with Crippen LogP contribution < -0.4 is 15.0 Å². The molecule has 4 rings (SSSR count). The number of fused-ring (bicyclic) bond motifs is 1. The van der Waals surface area contributed by atoms with Gasteiger partial charge in [-0.1, -0.05) is 36.4 Å². The highest BCUT2D eigenvalue weighted by Crippen LogP contribution is 2.31. The Bertz CT molecular complexity index is 1630. The monoisotopic (exact) mass is 489 g/mol. The number of nitrogens with zero attached hydrogens (tertiary/aromatic N) is 5. The van der Waals surface area contributed by atoms with Crippen LogP contribution in [0.1, 0.15) is 0 Å². The van der Waals surface area contributed by atoms with Crippen molar-refractivity contribution in [2.45, 2.75) is 9.79 Å². The van der Waals surface area contributed by atoms with Crippen LogP contribution in [-0.4, -0.2) is 35.5 Å². The van der Waals surface area contributed by atoms with Crippen LogP contribution in [0.4, 0.5) is 5.95 Å². The molecular formula is C20H19N5O6S2. The van der Waals surface area contributed by atoms with Gasteiger partial charge in [0.2, 0.25) is 5.95 Å². The summed E-state index contributed by atoms with van der Waals surface area (Å²) in [5.74, 6) is -0.559. The summed E-state index contributed by atoms with van der Waals surface area (Å²) >= 11 is 0. The lowest BCUT2D eigenvalue weighted by molar-refractivity contribution is 0.582. The summed E-state index contributed by atoms with van der Waals surface area (Å²) in [7, 11) is -5.50. The normalized spacial score (nSPS) is 12.2. The van der Waals surface area contributed by atoms with Crippen molar-refractivity contribution >= 4 is 37.2 Å². The summed E-state index contributed by atoms with van der Waals surface area (Å²) < 4.78 is 57.6. The maximum absolute atomic E-state index is 13.6. The predicted molar refractivity (Wildman–Crippen MR) is 121 cm³/mol. The van der Waals surface area contributed by atoms with Crippen molar-refractivity contribution in [1.82, 2.24) is 18.7 Å². The quantitative estimate of drug-likeness (QED) is 0.400. The van der Waals surface area contributed by atoms with Gasteiger partial charge in [0.15, 0.2) is 11.2 Å². The Hall–Kier alpha value is -3.71. The number of rotatable bonds is 5. The van der Waals surface area contributed by atoms with E-state index in [1.807, 2.05) is 0 Å². The number of benzene rings is 2. The second kappa shape index (κ2) is 7.71. The molecule has 0 amide bonds. The largest absolute Gasteiger partial charge is 0.332 e. The molecule has 0 aliphatic rings. The highest BCUT2D eigenvalue weighted by Gasteiger charge is 2.40. The van der Waals surface area contributed by atoms with E-state index in [4.69, 9.17) is 0 Å². The third-order valence-corrected chi connectivity index (χ3v) is 9.25. The van der Waals surface area contributed by atoms with Gasteiger partial charge in [0.1, 0.15) is 0 Å². The van der Waals surface area contributed by atoms with Crippen molar-refractivity contribution < 1.29 is 16.8 Å². The van der Waals surface area contributed by atoms with Crippen LogP contribution in [0.15, 0.2) is 80.0 Å². The molecule has 0 aliphatic heterocycles. The molecule has 2 aromatic heterocycles. The number of aromatic nitrogens is 4. The van der Waals surface area contributed by atoms with Crippen molar-refractivity contribution in [3.63, 3.8) is 0 Å². The van der Waals surface area contributed by atoms with Gasteiger partial charge in [0.25, 0.3) is 25.6 Å². The van der Waals surface area contributed by atoms with E-state index in [1.165, 1.54) is 69.7 Å². The lowest BCUT2D eigenvalue weighted by Crippen LogP contribution is -2.39. The zero-order valence-electron chi connectivity index (χ0n) is 17.8. The summed E-state index contributed by atoms with van der Waals surface area (Å²) in [6.07, 6.45) is 0. The Balaban J connectivity index is 2.14. The highest BCUT2D eigenvalue weighted by molar-refractivity contribution is 8.10. The minimum Gasteiger partial charge on any atom is -0.306 e. The molecule has 0 radical (unpaired) electrons. The first-order valence-electron chi connectivity index (χ1n) is 9.52. The van der Waals surface area contributed by atoms with E-state index in [9.17, 15) is 26.4 Å². The fourth-order valence-corrected chi connectivity index (χ4v) is 7.08. The topological polar surface area (TPSA) is 133 Å². The predicted octanol–water partition coefficient (Wildman–Crippen LogP) is 0.555. The van der Waals surface area contributed by atoms with Crippen molar-refractivity contribution in [3.05, 3.63) is 81.5 Å². The zero-order valence-corrected chi connectivity index (χ0v) is 19.4. The van der Waals surface area contributed by atoms with Gasteiger partial charge in [-0.25, -0.2) is 4.79 Å². The Morgan fingerprint density at radius 1 is 0.697 bits per heavy atom. The summed E-state index contributed by atoms with van der Waals surface area (Å²) in [6, 6.07) is 14.0. The molecule has 0 aliphatic carbocycles. The number of imidazole rings is 1. The van der Waals surface area contributed by atoms with Crippen molar-refractivity contribution in [2.75, 3.05) is 3.71 Å². The highest BCUT2D eigenvalue weighted by atomic mass is 32.3. The van der Waals surface area contributed by atoms with E-state index in [0.717, 1.165) is 13.7 Å². The first kappa shape index (κ1) is 22.5. The van der Waals surface area contributed by atoms with Gasteiger partial charge in [0, 0.05) is 21.1 Å². The Kier molecular flexibility index (Phi) is 5.25. The van der Waals surface area contributed by atoms with Crippen LogP contribution in [0.5, 0.6) is 0 Å². The van der Waals surface area contributed by atoms with Gasteiger partial charge in [0.05, 0.1) is 9.79 Å². The smallest absolute Gasteiger partial charge is 0.306 e. The minimum absolute atomic E-state index is 0.133. The summed E-state index contributed by atoms with van der Waals surface area (Å²) in [5, 5.41) is 0. The Labute approximate surface area is 188 Å². The molecule has 11 nitrogen and oxygen atoms in total. The molecule has 0 saturated heterocycles. The molecule has 0 saturated carbocycles. The van der Waals surface area contributed by atoms with E-state index in [0.29, 0.717) is 0 Å². The average Bonchev–Trinajstić information content (AvgIpc) is 3.13. The lowest BCUT2D eigenvalue weighted by Gasteiger charge is -2.23. The summed E-state index contributed by atoms with van der Waals surface area (Å²) in [4.78, 5) is 28.7. The second-order valence-corrected chi connectivity index (χ2v) is 11.0. The molecule has 172 valence electrons. The van der Waals surface area contributed by atoms with Crippen LogP contribution in [0.2, 0.25) is 0 Å². The van der Waals surface area contributed by atoms with E-state index in [2.05, 4.69) is 4.98 Å². The minimum atomic E-state index is -4.71. The van der Waals surface area contributed by atoms with Gasteiger partial charge < -0.3 is 4.57 Å². The third-order valence-electron chi connectivity index (χ3n) is 5.13. The first-order valence-corrected chi connectivity index (χ1v) is 12.4. The molecule has 0 spiro atoms. The van der Waals surface area contributed by atoms with Gasteiger partial charge in [-0.15, -0.1) is 3.71 Å². The van der Waals surface area contributed by atoms with Gasteiger partial charge in [-0.2, -0.15) is 21.8 Å². The molecule has 0 atom stereocenters. The molecule has 2 heterocycles. The van der Waals surface area contributed by atoms with Crippen molar-refractivity contribution in [2.24, 2.45) is 21.1 Å². The molecule has 4 aromatic rings. The van der Waals surface area contributed by atoms with Crippen LogP contribution in [0, 0.1) is 0 Å². The molecule has 33 heavy (non-hydrogen) atoms. The zero-order chi connectivity index (χ0) is 24.1. The second-order valence-electron chi connectivity index (χ2n) is 7.18. The van der Waals surface area contributed by atoms with Crippen molar-refractivity contribution in [3.8, 4) is 0 Å². The van der Waals surface area contributed by atoms with Crippen LogP contribution in [-0.2, 0) is 41.2 Å². The van der Waals surface area contributed by atoms with Gasteiger partial charge in [-0.3, -0.25) is 13.9 Å². The molecule has 13 heteroatoms. The van der Waals surface area contributed by atoms with Gasteiger partial charge in [-0.05, 0) is 24.3 Å². The fourth-order valence-electron chi connectivity index (χ4n) is 3.39. The van der Waals surface area contributed by atoms with E-state index in [1.54, 1.807) is 12.1 Å². The summed E-state index contributed by atoms with van der Waals surface area (Å²) in [5.41, 5.74) is -1.73. The van der Waals surface area contributed by atoms with Crippen LogP contribution in [0.25, 0.3) is 11.2 Å². The SMILES string of the molecule is Cn1c(=O)c2c(nc(N(S(=O)(=O)c3ccccc3)S(=O)(=O)c3ccccc3)n2C)n(C)c1=O. The molecule has 0 N–H and O–H groups in total. The first-order chi connectivity index (χ1) is 15.5. The lowest BCUT2D eigenvalue weighted by atomic mass is 10.4. The number of anilines is 1. The Morgan fingerprint density at radius 3 is 1.61 bits per heavy atom. The standard InChI is InChI=1S/C20H19N5O6S2/c1-22-16-17(23(2)20(27)24(3)18(16)26)21-19(22)25(32(28,29)14-10-6-4-7-11-14)33(30,31)15-12-8-5-9-13-15/h4-13H,1-3H3. The molecule has 2 aromatic carbocycles. The number of hydrogen-bond acceptors (Lipinski definition) is 7. The van der Waals surface area contributed by atoms with Crippen molar-refractivity contribution in [1.29, 1.82) is 0 Å². The molecule has 0 fully saturated rings. The molecular weight excluding hydrogens is 470 g/mol. The fraction of sp³-hybridized carbons (Fsp3) is 0.150. The molecule has 0 bridgehead atoms. The van der Waals surface area contributed by atoms with Crippen LogP contribution in [0.3, 0.4) is 0 Å². The van der Waals surface area contributed by atoms with E-state index < -0.39 is 37.2 Å². The van der Waals surface area contributed by atoms with Crippen LogP contribution >= 0.6 is 0 Å². The maximum atomic E-state index is 13.6. The average molecular weight is 490 g/mol. The third kappa shape index (κ3) is 3.36. The number of aryl methyl sites for hydroxylation is 2. The number of sulfonamides is 2. The molecule has 0 unspecified atom stereocenters. The number of hydrogen-bond donors (Lipinski definition) is 0. The van der Waals surface area contributed by atoms with Gasteiger partial charge >= 0.3 is 5.69 Å². The summed E-state index contributed by atoms with van der Waals surface area (Å²) in [6.45, 7) is 0.